The average Bonchev–Trinajstić information content (AvgIpc) is 2.91. The lowest BCUT2D eigenvalue weighted by Gasteiger charge is -2.33. The number of sulfonamides is 1. The highest BCUT2D eigenvalue weighted by Gasteiger charge is 2.34. The molecule has 0 aliphatic heterocycles. The molecule has 0 aliphatic rings. The van der Waals surface area contributed by atoms with Crippen LogP contribution in [0.4, 0.5) is 5.69 Å². The number of amides is 2. The number of methoxy groups -OCH3 is 1. The van der Waals surface area contributed by atoms with Crippen molar-refractivity contribution in [1.82, 2.24) is 10.2 Å². The highest BCUT2D eigenvalue weighted by Crippen LogP contribution is 2.28. The van der Waals surface area contributed by atoms with Crippen LogP contribution in [0.15, 0.2) is 77.7 Å². The molecule has 0 saturated carbocycles. The first-order valence-electron chi connectivity index (χ1n) is 13.0. The van der Waals surface area contributed by atoms with Crippen molar-refractivity contribution in [2.24, 2.45) is 0 Å². The molecule has 0 heterocycles. The highest BCUT2D eigenvalue weighted by atomic mass is 35.5. The second-order valence-corrected chi connectivity index (χ2v) is 12.1. The van der Waals surface area contributed by atoms with Gasteiger partial charge < -0.3 is 15.0 Å². The Balaban J connectivity index is 2.07. The van der Waals surface area contributed by atoms with E-state index >= 15 is 0 Å². The molecule has 1 unspecified atom stereocenters. The van der Waals surface area contributed by atoms with Crippen molar-refractivity contribution >= 4 is 39.1 Å². The third-order valence-electron chi connectivity index (χ3n) is 6.27. The van der Waals surface area contributed by atoms with Crippen LogP contribution in [0.3, 0.4) is 0 Å². The SMILES string of the molecule is CCC(C(=O)NC(C)C)N(Cc1cccc(C)c1)C(=O)CN(c1cccc(Cl)c1)S(=O)(=O)c1ccc(OC)cc1. The van der Waals surface area contributed by atoms with E-state index in [1.54, 1.807) is 18.2 Å². The molecule has 0 bridgehead atoms. The van der Waals surface area contributed by atoms with Crippen LogP contribution >= 0.6 is 11.6 Å². The molecular weight excluding hydrogens is 550 g/mol. The van der Waals surface area contributed by atoms with Crippen LogP contribution in [-0.4, -0.2) is 50.9 Å². The topological polar surface area (TPSA) is 96.0 Å². The van der Waals surface area contributed by atoms with Crippen LogP contribution in [-0.2, 0) is 26.2 Å². The standard InChI is InChI=1S/C30H36ClN3O5S/c1-6-28(30(36)32-21(2)3)33(19-23-10-7-9-22(4)17-23)29(35)20-34(25-12-8-11-24(31)18-25)40(37,38)27-15-13-26(39-5)14-16-27/h7-18,21,28H,6,19-20H2,1-5H3,(H,32,36). The predicted molar refractivity (Wildman–Crippen MR) is 158 cm³/mol. The molecule has 0 aliphatic carbocycles. The predicted octanol–water partition coefficient (Wildman–Crippen LogP) is 5.18. The quantitative estimate of drug-likeness (QED) is 0.316. The second-order valence-electron chi connectivity index (χ2n) is 9.77. The van der Waals surface area contributed by atoms with Crippen LogP contribution in [0.5, 0.6) is 5.75 Å². The Morgan fingerprint density at radius 3 is 2.25 bits per heavy atom. The summed E-state index contributed by atoms with van der Waals surface area (Å²) in [6.07, 6.45) is 0.346. The van der Waals surface area contributed by atoms with Gasteiger partial charge in [-0.1, -0.05) is 54.4 Å². The average molecular weight is 586 g/mol. The fourth-order valence-electron chi connectivity index (χ4n) is 4.34. The zero-order chi connectivity index (χ0) is 29.4. The normalized spacial score (nSPS) is 12.1. The Morgan fingerprint density at radius 2 is 1.68 bits per heavy atom. The molecule has 2 amide bonds. The van der Waals surface area contributed by atoms with Crippen LogP contribution in [0, 0.1) is 6.92 Å². The Labute approximate surface area is 241 Å². The maximum absolute atomic E-state index is 14.1. The minimum Gasteiger partial charge on any atom is -0.497 e. The number of nitrogens with one attached hydrogen (secondary N) is 1. The fraction of sp³-hybridized carbons (Fsp3) is 0.333. The molecule has 40 heavy (non-hydrogen) atoms. The molecular formula is C30H36ClN3O5S. The van der Waals surface area contributed by atoms with E-state index in [2.05, 4.69) is 5.32 Å². The minimum absolute atomic E-state index is 0.0177. The molecule has 1 N–H and O–H groups in total. The summed E-state index contributed by atoms with van der Waals surface area (Å²) >= 11 is 6.22. The number of halogens is 1. The smallest absolute Gasteiger partial charge is 0.264 e. The van der Waals surface area contributed by atoms with Crippen molar-refractivity contribution in [3.8, 4) is 5.75 Å². The summed E-state index contributed by atoms with van der Waals surface area (Å²) in [7, 11) is -2.72. The zero-order valence-electron chi connectivity index (χ0n) is 23.4. The van der Waals surface area contributed by atoms with Crippen molar-refractivity contribution in [3.05, 3.63) is 88.9 Å². The Kier molecular flexibility index (Phi) is 10.6. The number of rotatable bonds is 12. The first kappa shape index (κ1) is 31.0. The van der Waals surface area contributed by atoms with Gasteiger partial charge in [0.2, 0.25) is 11.8 Å². The number of hydrogen-bond acceptors (Lipinski definition) is 5. The van der Waals surface area contributed by atoms with E-state index in [1.165, 1.54) is 42.3 Å². The number of benzene rings is 3. The van der Waals surface area contributed by atoms with Crippen molar-refractivity contribution < 1.29 is 22.7 Å². The van der Waals surface area contributed by atoms with E-state index in [9.17, 15) is 18.0 Å². The van der Waals surface area contributed by atoms with E-state index in [4.69, 9.17) is 16.3 Å². The molecule has 0 fully saturated rings. The zero-order valence-corrected chi connectivity index (χ0v) is 25.0. The molecule has 1 atom stereocenters. The number of aryl methyl sites for hydroxylation is 1. The summed E-state index contributed by atoms with van der Waals surface area (Å²) in [5, 5.41) is 3.21. The van der Waals surface area contributed by atoms with Gasteiger partial charge in [-0.25, -0.2) is 8.42 Å². The van der Waals surface area contributed by atoms with Crippen LogP contribution < -0.4 is 14.4 Å². The van der Waals surface area contributed by atoms with Crippen molar-refractivity contribution in [2.75, 3.05) is 18.0 Å². The molecule has 0 aromatic heterocycles. The van der Waals surface area contributed by atoms with Gasteiger partial charge in [-0.15, -0.1) is 0 Å². The number of ether oxygens (including phenoxy) is 1. The molecule has 3 aromatic rings. The van der Waals surface area contributed by atoms with Crippen LogP contribution in [0.25, 0.3) is 0 Å². The van der Waals surface area contributed by atoms with Gasteiger partial charge in [-0.3, -0.25) is 13.9 Å². The van der Waals surface area contributed by atoms with Gasteiger partial charge in [-0.05, 0) is 75.2 Å². The maximum Gasteiger partial charge on any atom is 0.264 e. The van der Waals surface area contributed by atoms with Gasteiger partial charge in [0.15, 0.2) is 0 Å². The van der Waals surface area contributed by atoms with E-state index in [-0.39, 0.29) is 29.1 Å². The van der Waals surface area contributed by atoms with E-state index in [0.717, 1.165) is 15.4 Å². The number of hydrogen-bond donors (Lipinski definition) is 1. The summed E-state index contributed by atoms with van der Waals surface area (Å²) in [5.41, 5.74) is 2.07. The number of carbonyl (C=O) groups is 2. The second kappa shape index (κ2) is 13.7. The van der Waals surface area contributed by atoms with E-state index < -0.39 is 28.5 Å². The first-order valence-corrected chi connectivity index (χ1v) is 14.9. The summed E-state index contributed by atoms with van der Waals surface area (Å²) in [4.78, 5) is 28.7. The van der Waals surface area contributed by atoms with E-state index in [1.807, 2.05) is 52.0 Å². The monoisotopic (exact) mass is 585 g/mol. The van der Waals surface area contributed by atoms with Gasteiger partial charge in [-0.2, -0.15) is 0 Å². The largest absolute Gasteiger partial charge is 0.497 e. The van der Waals surface area contributed by atoms with Crippen LogP contribution in [0.1, 0.15) is 38.3 Å². The number of carbonyl (C=O) groups excluding carboxylic acids is 2. The summed E-state index contributed by atoms with van der Waals surface area (Å²) in [6.45, 7) is 7.06. The number of anilines is 1. The lowest BCUT2D eigenvalue weighted by atomic mass is 10.1. The van der Waals surface area contributed by atoms with Gasteiger partial charge in [0.05, 0.1) is 17.7 Å². The maximum atomic E-state index is 14.1. The van der Waals surface area contributed by atoms with Crippen molar-refractivity contribution in [3.63, 3.8) is 0 Å². The van der Waals surface area contributed by atoms with E-state index in [0.29, 0.717) is 17.2 Å². The van der Waals surface area contributed by atoms with Gasteiger partial charge >= 0.3 is 0 Å². The first-order chi connectivity index (χ1) is 19.0. The third kappa shape index (κ3) is 7.76. The molecule has 10 heteroatoms. The molecule has 214 valence electrons. The molecule has 0 radical (unpaired) electrons. The van der Waals surface area contributed by atoms with Gasteiger partial charge in [0, 0.05) is 17.6 Å². The van der Waals surface area contributed by atoms with Gasteiger partial charge in [0.25, 0.3) is 10.0 Å². The van der Waals surface area contributed by atoms with Crippen molar-refractivity contribution in [2.45, 2.75) is 57.6 Å². The van der Waals surface area contributed by atoms with Crippen molar-refractivity contribution in [1.29, 1.82) is 0 Å². The molecule has 8 nitrogen and oxygen atoms in total. The third-order valence-corrected chi connectivity index (χ3v) is 8.30. The summed E-state index contributed by atoms with van der Waals surface area (Å²) in [6, 6.07) is 18.9. The minimum atomic E-state index is -4.20. The Morgan fingerprint density at radius 1 is 1.00 bits per heavy atom. The summed E-state index contributed by atoms with van der Waals surface area (Å²) in [5.74, 6) is -0.328. The number of nitrogens with zero attached hydrogens (tertiary/aromatic N) is 2. The lowest BCUT2D eigenvalue weighted by molar-refractivity contribution is -0.140. The summed E-state index contributed by atoms with van der Waals surface area (Å²) < 4.78 is 34.0. The fourth-order valence-corrected chi connectivity index (χ4v) is 5.93. The highest BCUT2D eigenvalue weighted by molar-refractivity contribution is 7.92. The molecule has 3 aromatic carbocycles. The molecule has 0 spiro atoms. The molecule has 3 rings (SSSR count). The Bertz CT molecular complexity index is 1430. The Hall–Kier alpha value is -3.56. The lowest BCUT2D eigenvalue weighted by Crippen LogP contribution is -2.53. The molecule has 0 saturated heterocycles. The van der Waals surface area contributed by atoms with Gasteiger partial charge in [0.1, 0.15) is 18.3 Å². The van der Waals surface area contributed by atoms with Crippen LogP contribution in [0.2, 0.25) is 5.02 Å².